The number of aromatic nitrogens is 5. The number of carbonyl (C=O) groups excluding carboxylic acids is 1. The molecule has 0 saturated carbocycles. The van der Waals surface area contributed by atoms with Crippen molar-refractivity contribution in [3.63, 3.8) is 0 Å². The number of hydrogen-bond acceptors (Lipinski definition) is 6. The maximum atomic E-state index is 11.8. The summed E-state index contributed by atoms with van der Waals surface area (Å²) in [6, 6.07) is 3.92. The molecule has 0 unspecified atom stereocenters. The maximum Gasteiger partial charge on any atom is 0.221 e. The highest BCUT2D eigenvalue weighted by molar-refractivity contribution is 5.92. The molecule has 1 N–H and O–H groups in total. The molecule has 1 aliphatic rings. The molecule has 4 heterocycles. The fourth-order valence-corrected chi connectivity index (χ4v) is 3.37. The second kappa shape index (κ2) is 6.36. The van der Waals surface area contributed by atoms with Gasteiger partial charge in [-0.1, -0.05) is 0 Å². The third-order valence-corrected chi connectivity index (χ3v) is 4.76. The topological polar surface area (TPSA) is 88.8 Å². The van der Waals surface area contributed by atoms with Gasteiger partial charge in [0, 0.05) is 50.6 Å². The number of aryl methyl sites for hydroxylation is 2. The highest BCUT2D eigenvalue weighted by Gasteiger charge is 2.26. The summed E-state index contributed by atoms with van der Waals surface area (Å²) in [5, 5.41) is 8.43. The van der Waals surface area contributed by atoms with Gasteiger partial charge in [0.1, 0.15) is 5.82 Å². The van der Waals surface area contributed by atoms with Gasteiger partial charge < -0.3 is 10.2 Å². The Bertz CT molecular complexity index is 967. The van der Waals surface area contributed by atoms with Gasteiger partial charge in [0.05, 0.1) is 11.1 Å². The summed E-state index contributed by atoms with van der Waals surface area (Å²) >= 11 is 0. The Balaban J connectivity index is 1.93. The predicted octanol–water partition coefficient (Wildman–Crippen LogP) is 1.45. The Morgan fingerprint density at radius 1 is 1.23 bits per heavy atom. The number of hydrogen-bond donors (Lipinski definition) is 1. The molecule has 0 spiro atoms. The number of rotatable bonds is 2. The number of carbonyl (C=O) groups is 1. The number of nitrogens with zero attached hydrogens (tertiary/aromatic N) is 6. The average molecular weight is 351 g/mol. The predicted molar refractivity (Wildman–Crippen MR) is 98.7 cm³/mol. The van der Waals surface area contributed by atoms with E-state index in [1.165, 1.54) is 0 Å². The molecule has 4 rings (SSSR count). The zero-order valence-corrected chi connectivity index (χ0v) is 15.1. The first-order valence-electron chi connectivity index (χ1n) is 8.69. The summed E-state index contributed by atoms with van der Waals surface area (Å²) in [5.41, 5.74) is 2.57. The van der Waals surface area contributed by atoms with Crippen molar-refractivity contribution in [3.05, 3.63) is 30.2 Å². The summed E-state index contributed by atoms with van der Waals surface area (Å²) in [6.45, 7) is 5.27. The first-order chi connectivity index (χ1) is 12.5. The number of anilines is 1. The fraction of sp³-hybridized carbons (Fsp3) is 0.389. The van der Waals surface area contributed by atoms with Crippen LogP contribution < -0.4 is 10.2 Å². The Morgan fingerprint density at radius 2 is 2.00 bits per heavy atom. The third-order valence-electron chi connectivity index (χ3n) is 4.76. The van der Waals surface area contributed by atoms with Crippen LogP contribution >= 0.6 is 0 Å². The van der Waals surface area contributed by atoms with Crippen LogP contribution in [0.3, 0.4) is 0 Å². The number of nitrogens with one attached hydrogen (secondary N) is 1. The molecule has 134 valence electrons. The van der Waals surface area contributed by atoms with E-state index in [9.17, 15) is 4.79 Å². The minimum atomic E-state index is 0.0712. The lowest BCUT2D eigenvalue weighted by Gasteiger charge is -2.28. The molecule has 3 aromatic rings. The highest BCUT2D eigenvalue weighted by atomic mass is 16.1. The Labute approximate surface area is 151 Å². The lowest BCUT2D eigenvalue weighted by molar-refractivity contribution is -0.120. The van der Waals surface area contributed by atoms with E-state index in [0.717, 1.165) is 28.1 Å². The summed E-state index contributed by atoms with van der Waals surface area (Å²) < 4.78 is 1.78. The summed E-state index contributed by atoms with van der Waals surface area (Å²) in [7, 11) is 1.89. The van der Waals surface area contributed by atoms with Gasteiger partial charge in [-0.2, -0.15) is 5.10 Å². The molecule has 0 bridgehead atoms. The molecule has 3 aromatic heterocycles. The number of fused-ring (bicyclic) bond motifs is 1. The fourth-order valence-electron chi connectivity index (χ4n) is 3.37. The van der Waals surface area contributed by atoms with Crippen LogP contribution in [0.5, 0.6) is 0 Å². The number of amides is 1. The van der Waals surface area contributed by atoms with Gasteiger partial charge in [0.2, 0.25) is 5.91 Å². The van der Waals surface area contributed by atoms with Gasteiger partial charge in [-0.15, -0.1) is 0 Å². The van der Waals surface area contributed by atoms with Crippen molar-refractivity contribution < 1.29 is 4.79 Å². The molecular formula is C18H21N7O. The third kappa shape index (κ3) is 2.77. The van der Waals surface area contributed by atoms with Gasteiger partial charge in [0.15, 0.2) is 11.5 Å². The summed E-state index contributed by atoms with van der Waals surface area (Å²) in [6.07, 6.45) is 3.90. The number of pyridine rings is 1. The first kappa shape index (κ1) is 16.4. The Morgan fingerprint density at radius 3 is 2.77 bits per heavy atom. The van der Waals surface area contributed by atoms with E-state index in [1.54, 1.807) is 17.1 Å². The summed E-state index contributed by atoms with van der Waals surface area (Å²) in [4.78, 5) is 27.7. The minimum Gasteiger partial charge on any atom is -0.354 e. The van der Waals surface area contributed by atoms with E-state index in [0.29, 0.717) is 25.3 Å². The van der Waals surface area contributed by atoms with Crippen molar-refractivity contribution >= 4 is 22.8 Å². The van der Waals surface area contributed by atoms with Crippen molar-refractivity contribution in [2.75, 3.05) is 18.0 Å². The van der Waals surface area contributed by atoms with Crippen LogP contribution in [0, 0.1) is 6.92 Å². The Hall–Kier alpha value is -3.03. The molecule has 1 aliphatic heterocycles. The van der Waals surface area contributed by atoms with Crippen LogP contribution in [-0.2, 0) is 11.8 Å². The molecule has 8 heteroatoms. The van der Waals surface area contributed by atoms with E-state index < -0.39 is 0 Å². The van der Waals surface area contributed by atoms with Crippen LogP contribution in [0.25, 0.3) is 22.4 Å². The molecular weight excluding hydrogens is 330 g/mol. The lowest BCUT2D eigenvalue weighted by atomic mass is 10.2. The maximum absolute atomic E-state index is 11.8. The molecule has 8 nitrogen and oxygen atoms in total. The zero-order chi connectivity index (χ0) is 18.3. The molecule has 1 atom stereocenters. The molecule has 1 fully saturated rings. The van der Waals surface area contributed by atoms with E-state index in [-0.39, 0.29) is 11.9 Å². The van der Waals surface area contributed by atoms with Crippen LogP contribution in [-0.4, -0.2) is 49.8 Å². The smallest absolute Gasteiger partial charge is 0.221 e. The lowest BCUT2D eigenvalue weighted by Crippen LogP contribution is -2.38. The molecule has 1 saturated heterocycles. The second-order valence-electron chi connectivity index (χ2n) is 6.61. The van der Waals surface area contributed by atoms with Gasteiger partial charge >= 0.3 is 0 Å². The van der Waals surface area contributed by atoms with Gasteiger partial charge in [0.25, 0.3) is 0 Å². The minimum absolute atomic E-state index is 0.0712. The molecule has 0 aromatic carbocycles. The molecule has 0 radical (unpaired) electrons. The van der Waals surface area contributed by atoms with E-state index in [4.69, 9.17) is 9.97 Å². The van der Waals surface area contributed by atoms with Crippen LogP contribution in [0.4, 0.5) is 5.82 Å². The molecule has 26 heavy (non-hydrogen) atoms. The largest absolute Gasteiger partial charge is 0.354 e. The van der Waals surface area contributed by atoms with E-state index in [2.05, 4.69) is 27.2 Å². The van der Waals surface area contributed by atoms with Crippen LogP contribution in [0.1, 0.15) is 19.0 Å². The van der Waals surface area contributed by atoms with Crippen LogP contribution in [0.15, 0.2) is 24.5 Å². The zero-order valence-electron chi connectivity index (χ0n) is 15.1. The van der Waals surface area contributed by atoms with Crippen molar-refractivity contribution in [1.82, 2.24) is 30.0 Å². The van der Waals surface area contributed by atoms with Gasteiger partial charge in [-0.3, -0.25) is 14.5 Å². The monoisotopic (exact) mass is 351 g/mol. The Kier molecular flexibility index (Phi) is 4.02. The summed E-state index contributed by atoms with van der Waals surface area (Å²) in [5.74, 6) is 1.53. The normalized spacial score (nSPS) is 18.0. The van der Waals surface area contributed by atoms with Crippen molar-refractivity contribution in [2.45, 2.75) is 26.3 Å². The standard InChI is InChI=1S/C18H21N7O/c1-11-10-20-14(26)6-9-25(11)18-15-12(2)23-24(3)17(15)21-16(22-18)13-4-7-19-8-5-13/h4-5,7-8,11H,6,9-10H2,1-3H3,(H,20,26)/t11-/m0/s1. The van der Waals surface area contributed by atoms with Crippen molar-refractivity contribution in [2.24, 2.45) is 7.05 Å². The first-order valence-corrected chi connectivity index (χ1v) is 8.69. The van der Waals surface area contributed by atoms with Crippen LogP contribution in [0.2, 0.25) is 0 Å². The van der Waals surface area contributed by atoms with Crippen molar-refractivity contribution in [3.8, 4) is 11.4 Å². The van der Waals surface area contributed by atoms with E-state index >= 15 is 0 Å². The molecule has 1 amide bonds. The van der Waals surface area contributed by atoms with Crippen molar-refractivity contribution in [1.29, 1.82) is 0 Å². The van der Waals surface area contributed by atoms with E-state index in [1.807, 2.05) is 26.1 Å². The highest BCUT2D eigenvalue weighted by Crippen LogP contribution is 2.31. The van der Waals surface area contributed by atoms with Gasteiger partial charge in [-0.25, -0.2) is 9.97 Å². The average Bonchev–Trinajstić information content (AvgIpc) is 2.83. The second-order valence-corrected chi connectivity index (χ2v) is 6.61. The SMILES string of the molecule is Cc1nn(C)c2nc(-c3ccncc3)nc(N3CCC(=O)NC[C@@H]3C)c12. The molecule has 0 aliphatic carbocycles. The van der Waals surface area contributed by atoms with Gasteiger partial charge in [-0.05, 0) is 26.0 Å². The quantitative estimate of drug-likeness (QED) is 0.752.